The number of nitrogens with zero attached hydrogens (tertiary/aromatic N) is 2. The van der Waals surface area contributed by atoms with Gasteiger partial charge in [0, 0.05) is 56.5 Å². The number of likely N-dealkylation sites (tertiary alicyclic amines) is 1. The zero-order valence-corrected chi connectivity index (χ0v) is 18.3. The van der Waals surface area contributed by atoms with Gasteiger partial charge in [-0.05, 0) is 54.7 Å². The molecular formula is C23H29ClN4O2. The molecule has 1 aliphatic heterocycles. The van der Waals surface area contributed by atoms with Crippen molar-refractivity contribution in [1.29, 1.82) is 0 Å². The highest BCUT2D eigenvalue weighted by atomic mass is 35.5. The van der Waals surface area contributed by atoms with Gasteiger partial charge in [0.25, 0.3) is 0 Å². The van der Waals surface area contributed by atoms with Gasteiger partial charge in [-0.1, -0.05) is 29.8 Å². The maximum absolute atomic E-state index is 12.4. The van der Waals surface area contributed by atoms with Crippen LogP contribution in [0.1, 0.15) is 24.8 Å². The molecule has 1 aliphatic rings. The van der Waals surface area contributed by atoms with E-state index in [0.29, 0.717) is 42.7 Å². The van der Waals surface area contributed by atoms with Crippen LogP contribution >= 0.6 is 11.6 Å². The van der Waals surface area contributed by atoms with Gasteiger partial charge in [-0.25, -0.2) is 4.79 Å². The number of rotatable bonds is 6. The van der Waals surface area contributed by atoms with Crippen LogP contribution in [0.15, 0.2) is 48.5 Å². The topological polar surface area (TPSA) is 64.7 Å². The molecule has 1 fully saturated rings. The van der Waals surface area contributed by atoms with E-state index in [1.54, 1.807) is 23.1 Å². The highest BCUT2D eigenvalue weighted by Crippen LogP contribution is 2.22. The van der Waals surface area contributed by atoms with Gasteiger partial charge in [-0.2, -0.15) is 0 Å². The number of urea groups is 1. The molecule has 2 aromatic carbocycles. The summed E-state index contributed by atoms with van der Waals surface area (Å²) in [7, 11) is 4.01. The van der Waals surface area contributed by atoms with Crippen LogP contribution in [0.4, 0.5) is 16.2 Å². The molecule has 1 heterocycles. The van der Waals surface area contributed by atoms with Crippen LogP contribution in [0, 0.1) is 5.92 Å². The monoisotopic (exact) mass is 428 g/mol. The number of anilines is 2. The number of hydrogen-bond donors (Lipinski definition) is 2. The Balaban J connectivity index is 1.38. The molecule has 7 heteroatoms. The quantitative estimate of drug-likeness (QED) is 0.718. The first kappa shape index (κ1) is 22.0. The fourth-order valence-electron chi connectivity index (χ4n) is 3.56. The smallest absolute Gasteiger partial charge is 0.321 e. The first-order valence-corrected chi connectivity index (χ1v) is 10.6. The van der Waals surface area contributed by atoms with Crippen LogP contribution in [-0.2, 0) is 11.3 Å². The van der Waals surface area contributed by atoms with Crippen molar-refractivity contribution in [2.75, 3.05) is 37.4 Å². The lowest BCUT2D eigenvalue weighted by molar-refractivity contribution is -0.122. The van der Waals surface area contributed by atoms with Crippen molar-refractivity contribution in [3.8, 4) is 0 Å². The van der Waals surface area contributed by atoms with Crippen LogP contribution in [0.5, 0.6) is 0 Å². The Kier molecular flexibility index (Phi) is 7.57. The molecule has 0 unspecified atom stereocenters. The van der Waals surface area contributed by atoms with Crippen LogP contribution in [0.25, 0.3) is 0 Å². The Morgan fingerprint density at radius 3 is 2.43 bits per heavy atom. The summed E-state index contributed by atoms with van der Waals surface area (Å²) in [6.45, 7) is 1.83. The lowest BCUT2D eigenvalue weighted by Gasteiger charge is -2.31. The van der Waals surface area contributed by atoms with Crippen molar-refractivity contribution in [2.24, 2.45) is 5.92 Å². The predicted molar refractivity (Wildman–Crippen MR) is 122 cm³/mol. The second-order valence-electron chi connectivity index (χ2n) is 7.91. The van der Waals surface area contributed by atoms with Crippen LogP contribution in [0.3, 0.4) is 0 Å². The molecule has 0 spiro atoms. The summed E-state index contributed by atoms with van der Waals surface area (Å²) < 4.78 is 0. The van der Waals surface area contributed by atoms with E-state index in [-0.39, 0.29) is 11.9 Å². The number of amides is 3. The predicted octanol–water partition coefficient (Wildman–Crippen LogP) is 4.36. The molecule has 6 nitrogen and oxygen atoms in total. The fourth-order valence-corrected chi connectivity index (χ4v) is 3.75. The summed E-state index contributed by atoms with van der Waals surface area (Å²) in [5, 5.41) is 6.48. The van der Waals surface area contributed by atoms with Crippen molar-refractivity contribution < 1.29 is 9.59 Å². The minimum atomic E-state index is -0.124. The summed E-state index contributed by atoms with van der Waals surface area (Å²) >= 11 is 5.96. The third-order valence-corrected chi connectivity index (χ3v) is 5.63. The Labute approximate surface area is 183 Å². The van der Waals surface area contributed by atoms with E-state index in [1.165, 1.54) is 0 Å². The third-order valence-electron chi connectivity index (χ3n) is 5.39. The molecule has 0 aromatic heterocycles. The van der Waals surface area contributed by atoms with Crippen molar-refractivity contribution in [2.45, 2.75) is 25.8 Å². The highest BCUT2D eigenvalue weighted by Gasteiger charge is 2.24. The lowest BCUT2D eigenvalue weighted by atomic mass is 9.93. The average molecular weight is 429 g/mol. The summed E-state index contributed by atoms with van der Waals surface area (Å²) in [4.78, 5) is 28.6. The number of hydrogen-bond acceptors (Lipinski definition) is 3. The zero-order chi connectivity index (χ0) is 21.5. The average Bonchev–Trinajstić information content (AvgIpc) is 2.73. The lowest BCUT2D eigenvalue weighted by Crippen LogP contribution is -2.41. The van der Waals surface area contributed by atoms with Crippen molar-refractivity contribution in [1.82, 2.24) is 10.2 Å². The van der Waals surface area contributed by atoms with Gasteiger partial charge in [-0.3, -0.25) is 4.79 Å². The number of nitrogens with one attached hydrogen (secondary N) is 2. The fraction of sp³-hybridized carbons (Fsp3) is 0.391. The highest BCUT2D eigenvalue weighted by molar-refractivity contribution is 6.30. The van der Waals surface area contributed by atoms with Gasteiger partial charge >= 0.3 is 6.03 Å². The Morgan fingerprint density at radius 1 is 1.10 bits per heavy atom. The molecule has 0 radical (unpaired) electrons. The number of benzene rings is 2. The van der Waals surface area contributed by atoms with Gasteiger partial charge in [0.15, 0.2) is 0 Å². The van der Waals surface area contributed by atoms with E-state index in [2.05, 4.69) is 10.6 Å². The van der Waals surface area contributed by atoms with E-state index in [0.717, 1.165) is 24.1 Å². The molecule has 1 saturated heterocycles. The van der Waals surface area contributed by atoms with Gasteiger partial charge in [0.1, 0.15) is 0 Å². The van der Waals surface area contributed by atoms with E-state index < -0.39 is 0 Å². The molecule has 2 N–H and O–H groups in total. The third kappa shape index (κ3) is 6.39. The van der Waals surface area contributed by atoms with E-state index in [1.807, 2.05) is 49.3 Å². The minimum absolute atomic E-state index is 0.0634. The van der Waals surface area contributed by atoms with Crippen molar-refractivity contribution >= 4 is 34.9 Å². The number of halogens is 1. The van der Waals surface area contributed by atoms with Gasteiger partial charge in [-0.15, -0.1) is 0 Å². The molecule has 2 aromatic rings. The van der Waals surface area contributed by atoms with Crippen LogP contribution < -0.4 is 15.5 Å². The summed E-state index contributed by atoms with van der Waals surface area (Å²) in [6.07, 6.45) is 2.15. The first-order valence-electron chi connectivity index (χ1n) is 10.2. The van der Waals surface area contributed by atoms with Crippen LogP contribution in [0.2, 0.25) is 5.02 Å². The molecule has 3 rings (SSSR count). The van der Waals surface area contributed by atoms with Crippen molar-refractivity contribution in [3.05, 3.63) is 59.1 Å². The summed E-state index contributed by atoms with van der Waals surface area (Å²) in [5.74, 6) is 0.366. The first-order chi connectivity index (χ1) is 14.4. The largest absolute Gasteiger partial charge is 0.378 e. The Hall–Kier alpha value is -2.73. The molecule has 0 bridgehead atoms. The molecule has 30 heavy (non-hydrogen) atoms. The number of carbonyl (C=O) groups excluding carboxylic acids is 2. The SMILES string of the molecule is CN(C)c1ccc(CNC(=O)CC2CCN(C(=O)Nc3cccc(Cl)c3)CC2)cc1. The second kappa shape index (κ2) is 10.3. The maximum Gasteiger partial charge on any atom is 0.321 e. The van der Waals surface area contributed by atoms with Gasteiger partial charge in [0.05, 0.1) is 0 Å². The normalized spacial score (nSPS) is 14.3. The van der Waals surface area contributed by atoms with Crippen LogP contribution in [-0.4, -0.2) is 44.0 Å². The molecular weight excluding hydrogens is 400 g/mol. The van der Waals surface area contributed by atoms with E-state index in [4.69, 9.17) is 11.6 Å². The van der Waals surface area contributed by atoms with Crippen molar-refractivity contribution in [3.63, 3.8) is 0 Å². The zero-order valence-electron chi connectivity index (χ0n) is 17.5. The standard InChI is InChI=1S/C23H29ClN4O2/c1-27(2)21-8-6-18(7-9-21)16-25-22(29)14-17-10-12-28(13-11-17)23(30)26-20-5-3-4-19(24)15-20/h3-9,15,17H,10-14,16H2,1-2H3,(H,25,29)(H,26,30). The van der Waals surface area contributed by atoms with Gasteiger partial charge < -0.3 is 20.4 Å². The summed E-state index contributed by atoms with van der Waals surface area (Å²) in [6, 6.07) is 15.2. The summed E-state index contributed by atoms with van der Waals surface area (Å²) in [5.41, 5.74) is 2.91. The Morgan fingerprint density at radius 2 is 1.80 bits per heavy atom. The molecule has 0 saturated carbocycles. The molecule has 160 valence electrons. The number of carbonyl (C=O) groups is 2. The molecule has 3 amide bonds. The Bertz CT molecular complexity index is 862. The minimum Gasteiger partial charge on any atom is -0.378 e. The van der Waals surface area contributed by atoms with E-state index >= 15 is 0 Å². The number of piperidine rings is 1. The molecule has 0 atom stereocenters. The van der Waals surface area contributed by atoms with Gasteiger partial charge in [0.2, 0.25) is 5.91 Å². The second-order valence-corrected chi connectivity index (χ2v) is 8.35. The van der Waals surface area contributed by atoms with E-state index in [9.17, 15) is 9.59 Å². The molecule has 0 aliphatic carbocycles. The maximum atomic E-state index is 12.4.